The SMILES string of the molecule is CC(=O)c1c(C)nn(Cc2cccc(Br)c2)c1C. The third kappa shape index (κ3) is 2.53. The zero-order valence-electron chi connectivity index (χ0n) is 10.7. The summed E-state index contributed by atoms with van der Waals surface area (Å²) in [6, 6.07) is 8.10. The lowest BCUT2D eigenvalue weighted by molar-refractivity contribution is 0.101. The van der Waals surface area contributed by atoms with Crippen molar-refractivity contribution in [2.24, 2.45) is 0 Å². The van der Waals surface area contributed by atoms with Gasteiger partial charge in [-0.15, -0.1) is 0 Å². The first-order chi connectivity index (χ1) is 8.49. The molecule has 0 fully saturated rings. The number of aromatic nitrogens is 2. The standard InChI is InChI=1S/C14H15BrN2O/c1-9-14(11(3)18)10(2)17(16-9)8-12-5-4-6-13(15)7-12/h4-7H,8H2,1-3H3. The first kappa shape index (κ1) is 13.0. The van der Waals surface area contributed by atoms with Crippen LogP contribution < -0.4 is 0 Å². The van der Waals surface area contributed by atoms with Gasteiger partial charge in [0.1, 0.15) is 0 Å². The zero-order chi connectivity index (χ0) is 13.3. The molecule has 2 rings (SSSR count). The molecule has 0 N–H and O–H groups in total. The highest BCUT2D eigenvalue weighted by molar-refractivity contribution is 9.10. The predicted molar refractivity (Wildman–Crippen MR) is 74.9 cm³/mol. The van der Waals surface area contributed by atoms with E-state index in [1.54, 1.807) is 6.92 Å². The summed E-state index contributed by atoms with van der Waals surface area (Å²) in [5, 5.41) is 4.44. The Morgan fingerprint density at radius 3 is 2.67 bits per heavy atom. The van der Waals surface area contributed by atoms with Crippen LogP contribution in [-0.4, -0.2) is 15.6 Å². The Labute approximate surface area is 115 Å². The van der Waals surface area contributed by atoms with Gasteiger partial charge < -0.3 is 0 Å². The third-order valence-corrected chi connectivity index (χ3v) is 3.45. The molecule has 0 bridgehead atoms. The minimum Gasteiger partial charge on any atom is -0.294 e. The van der Waals surface area contributed by atoms with Gasteiger partial charge in [0.2, 0.25) is 0 Å². The molecule has 2 aromatic rings. The van der Waals surface area contributed by atoms with Gasteiger partial charge in [0.15, 0.2) is 5.78 Å². The van der Waals surface area contributed by atoms with Gasteiger partial charge in [-0.1, -0.05) is 28.1 Å². The first-order valence-electron chi connectivity index (χ1n) is 5.78. The number of halogens is 1. The molecule has 0 aliphatic carbocycles. The van der Waals surface area contributed by atoms with Crippen molar-refractivity contribution in [3.8, 4) is 0 Å². The first-order valence-corrected chi connectivity index (χ1v) is 6.57. The summed E-state index contributed by atoms with van der Waals surface area (Å²) in [6.07, 6.45) is 0. The Hall–Kier alpha value is -1.42. The van der Waals surface area contributed by atoms with Crippen LogP contribution in [0.3, 0.4) is 0 Å². The van der Waals surface area contributed by atoms with Crippen molar-refractivity contribution >= 4 is 21.7 Å². The Bertz CT molecular complexity index is 602. The molecular weight excluding hydrogens is 292 g/mol. The number of rotatable bonds is 3. The van der Waals surface area contributed by atoms with Gasteiger partial charge in [0, 0.05) is 10.2 Å². The molecule has 1 heterocycles. The maximum absolute atomic E-state index is 11.5. The van der Waals surface area contributed by atoms with Crippen molar-refractivity contribution in [1.82, 2.24) is 9.78 Å². The number of carbonyl (C=O) groups is 1. The van der Waals surface area contributed by atoms with Crippen LogP contribution in [0.5, 0.6) is 0 Å². The van der Waals surface area contributed by atoms with Crippen molar-refractivity contribution in [2.75, 3.05) is 0 Å². The topological polar surface area (TPSA) is 34.9 Å². The third-order valence-electron chi connectivity index (χ3n) is 2.95. The summed E-state index contributed by atoms with van der Waals surface area (Å²) >= 11 is 3.45. The zero-order valence-corrected chi connectivity index (χ0v) is 12.3. The largest absolute Gasteiger partial charge is 0.294 e. The van der Waals surface area contributed by atoms with E-state index in [1.165, 1.54) is 0 Å². The number of hydrogen-bond acceptors (Lipinski definition) is 2. The van der Waals surface area contributed by atoms with Gasteiger partial charge >= 0.3 is 0 Å². The fourth-order valence-electron chi connectivity index (χ4n) is 2.17. The molecular formula is C14H15BrN2O. The Kier molecular flexibility index (Phi) is 3.66. The summed E-state index contributed by atoms with van der Waals surface area (Å²) in [4.78, 5) is 11.5. The Morgan fingerprint density at radius 1 is 1.39 bits per heavy atom. The van der Waals surface area contributed by atoms with Gasteiger partial charge in [-0.3, -0.25) is 9.48 Å². The van der Waals surface area contributed by atoms with Crippen molar-refractivity contribution in [3.05, 3.63) is 51.3 Å². The number of benzene rings is 1. The van der Waals surface area contributed by atoms with E-state index in [1.807, 2.05) is 30.7 Å². The number of aryl methyl sites for hydroxylation is 1. The summed E-state index contributed by atoms with van der Waals surface area (Å²) in [5.74, 6) is 0.0745. The van der Waals surface area contributed by atoms with E-state index in [9.17, 15) is 4.79 Å². The minimum absolute atomic E-state index is 0.0745. The van der Waals surface area contributed by atoms with E-state index in [2.05, 4.69) is 33.2 Å². The number of Topliss-reactive ketones (excluding diaryl/α,β-unsaturated/α-hetero) is 1. The molecule has 0 spiro atoms. The predicted octanol–water partition coefficient (Wildman–Crippen LogP) is 3.51. The molecule has 0 amide bonds. The lowest BCUT2D eigenvalue weighted by atomic mass is 10.1. The van der Waals surface area contributed by atoms with Crippen molar-refractivity contribution in [3.63, 3.8) is 0 Å². The van der Waals surface area contributed by atoms with Crippen LogP contribution in [0.25, 0.3) is 0 Å². The lowest BCUT2D eigenvalue weighted by Crippen LogP contribution is -2.05. The molecule has 18 heavy (non-hydrogen) atoms. The average molecular weight is 307 g/mol. The van der Waals surface area contributed by atoms with Gasteiger partial charge in [-0.05, 0) is 38.5 Å². The fourth-order valence-corrected chi connectivity index (χ4v) is 2.62. The van der Waals surface area contributed by atoms with Gasteiger partial charge in [-0.2, -0.15) is 5.10 Å². The van der Waals surface area contributed by atoms with E-state index in [0.717, 1.165) is 27.0 Å². The summed E-state index contributed by atoms with van der Waals surface area (Å²) in [7, 11) is 0. The van der Waals surface area contributed by atoms with Crippen molar-refractivity contribution < 1.29 is 4.79 Å². The van der Waals surface area contributed by atoms with E-state index in [4.69, 9.17) is 0 Å². The maximum atomic E-state index is 11.5. The second-order valence-corrected chi connectivity index (χ2v) is 5.31. The highest BCUT2D eigenvalue weighted by Crippen LogP contribution is 2.17. The van der Waals surface area contributed by atoms with Gasteiger partial charge in [-0.25, -0.2) is 0 Å². The number of ketones is 1. The summed E-state index contributed by atoms with van der Waals surface area (Å²) in [6.45, 7) is 6.08. The van der Waals surface area contributed by atoms with Gasteiger partial charge in [0.05, 0.1) is 17.8 Å². The van der Waals surface area contributed by atoms with Crippen LogP contribution in [0.4, 0.5) is 0 Å². The van der Waals surface area contributed by atoms with Crippen molar-refractivity contribution in [1.29, 1.82) is 0 Å². The smallest absolute Gasteiger partial charge is 0.163 e. The number of nitrogens with zero attached hydrogens (tertiary/aromatic N) is 2. The Balaban J connectivity index is 2.36. The lowest BCUT2D eigenvalue weighted by Gasteiger charge is -2.05. The molecule has 3 nitrogen and oxygen atoms in total. The fraction of sp³-hybridized carbons (Fsp3) is 0.286. The molecule has 0 aliphatic rings. The Morgan fingerprint density at radius 2 is 2.11 bits per heavy atom. The highest BCUT2D eigenvalue weighted by atomic mass is 79.9. The van der Waals surface area contributed by atoms with Crippen LogP contribution in [0.2, 0.25) is 0 Å². The molecule has 0 saturated heterocycles. The van der Waals surface area contributed by atoms with Crippen LogP contribution >= 0.6 is 15.9 Å². The van der Waals surface area contributed by atoms with E-state index < -0.39 is 0 Å². The highest BCUT2D eigenvalue weighted by Gasteiger charge is 2.15. The van der Waals surface area contributed by atoms with Crippen LogP contribution in [-0.2, 0) is 6.54 Å². The molecule has 4 heteroatoms. The second-order valence-electron chi connectivity index (χ2n) is 4.39. The van der Waals surface area contributed by atoms with Crippen LogP contribution in [0.1, 0.15) is 34.2 Å². The summed E-state index contributed by atoms with van der Waals surface area (Å²) in [5.41, 5.74) is 3.63. The molecule has 94 valence electrons. The number of hydrogen-bond donors (Lipinski definition) is 0. The monoisotopic (exact) mass is 306 g/mol. The average Bonchev–Trinajstić information content (AvgIpc) is 2.54. The summed E-state index contributed by atoms with van der Waals surface area (Å²) < 4.78 is 2.93. The normalized spacial score (nSPS) is 10.7. The molecule has 1 aromatic carbocycles. The molecule has 0 atom stereocenters. The maximum Gasteiger partial charge on any atom is 0.163 e. The van der Waals surface area contributed by atoms with E-state index in [0.29, 0.717) is 6.54 Å². The molecule has 1 aromatic heterocycles. The van der Waals surface area contributed by atoms with Crippen LogP contribution in [0, 0.1) is 13.8 Å². The minimum atomic E-state index is 0.0745. The van der Waals surface area contributed by atoms with E-state index >= 15 is 0 Å². The molecule has 0 unspecified atom stereocenters. The van der Waals surface area contributed by atoms with Crippen molar-refractivity contribution in [2.45, 2.75) is 27.3 Å². The van der Waals surface area contributed by atoms with Crippen LogP contribution in [0.15, 0.2) is 28.7 Å². The molecule has 0 aliphatic heterocycles. The second kappa shape index (κ2) is 5.06. The van der Waals surface area contributed by atoms with E-state index in [-0.39, 0.29) is 5.78 Å². The van der Waals surface area contributed by atoms with Gasteiger partial charge in [0.25, 0.3) is 0 Å². The molecule has 0 saturated carbocycles. The molecule has 0 radical (unpaired) electrons. The quantitative estimate of drug-likeness (QED) is 0.813. The number of carbonyl (C=O) groups excluding carboxylic acids is 1.